The van der Waals surface area contributed by atoms with E-state index in [0.29, 0.717) is 17.9 Å². The second kappa shape index (κ2) is 10.5. The molecule has 0 aromatic carbocycles. The zero-order chi connectivity index (χ0) is 22.6. The molecule has 8 heteroatoms. The molecule has 2 aliphatic heterocycles. The smallest absolute Gasteiger partial charge is 0.123 e. The SMILES string of the molecule is CC(C)(C)N1CC[C@@H](C(N)c2nccs2)C1.CC(C)N1CC[C@@H](C(N)c2ncc[nH]2)C1. The van der Waals surface area contributed by atoms with Crippen molar-refractivity contribution in [3.05, 3.63) is 34.8 Å². The summed E-state index contributed by atoms with van der Waals surface area (Å²) in [6, 6.07) is 0.801. The highest BCUT2D eigenvalue weighted by Gasteiger charge is 2.34. The van der Waals surface area contributed by atoms with Crippen LogP contribution in [0.2, 0.25) is 0 Å². The summed E-state index contributed by atoms with van der Waals surface area (Å²) >= 11 is 1.67. The summed E-state index contributed by atoms with van der Waals surface area (Å²) in [5.74, 6) is 2.02. The van der Waals surface area contributed by atoms with E-state index in [1.165, 1.54) is 12.8 Å². The zero-order valence-corrected chi connectivity index (χ0v) is 20.6. The predicted octanol–water partition coefficient (Wildman–Crippen LogP) is 3.40. The third kappa shape index (κ3) is 6.35. The van der Waals surface area contributed by atoms with Gasteiger partial charge in [-0.2, -0.15) is 0 Å². The number of hydrogen-bond acceptors (Lipinski definition) is 7. The van der Waals surface area contributed by atoms with Gasteiger partial charge in [-0.1, -0.05) is 0 Å². The number of nitrogens with zero attached hydrogens (tertiary/aromatic N) is 4. The van der Waals surface area contributed by atoms with Gasteiger partial charge in [0.2, 0.25) is 0 Å². The Kier molecular flexibility index (Phi) is 8.26. The molecule has 0 aliphatic carbocycles. The van der Waals surface area contributed by atoms with E-state index >= 15 is 0 Å². The van der Waals surface area contributed by atoms with Crippen molar-refractivity contribution in [1.29, 1.82) is 0 Å². The average Bonchev–Trinajstić information content (AvgIpc) is 3.52. The number of thiazole rings is 1. The van der Waals surface area contributed by atoms with Crippen LogP contribution < -0.4 is 11.5 Å². The second-order valence-corrected chi connectivity index (χ2v) is 11.1. The summed E-state index contributed by atoms with van der Waals surface area (Å²) in [4.78, 5) is 16.7. The fourth-order valence-corrected chi connectivity index (χ4v) is 5.28. The van der Waals surface area contributed by atoms with Crippen molar-refractivity contribution in [3.63, 3.8) is 0 Å². The van der Waals surface area contributed by atoms with Gasteiger partial charge in [-0.25, -0.2) is 9.97 Å². The maximum absolute atomic E-state index is 6.27. The fraction of sp³-hybridized carbons (Fsp3) is 0.739. The van der Waals surface area contributed by atoms with Crippen LogP contribution in [0.5, 0.6) is 0 Å². The number of likely N-dealkylation sites (tertiary alicyclic amines) is 2. The van der Waals surface area contributed by atoms with E-state index in [4.69, 9.17) is 11.5 Å². The monoisotopic (exact) mass is 447 g/mol. The lowest BCUT2D eigenvalue weighted by molar-refractivity contribution is 0.165. The summed E-state index contributed by atoms with van der Waals surface area (Å²) in [6.07, 6.45) is 7.82. The van der Waals surface area contributed by atoms with Gasteiger partial charge in [-0.3, -0.25) is 4.90 Å². The minimum absolute atomic E-state index is 0.0590. The van der Waals surface area contributed by atoms with E-state index in [2.05, 4.69) is 59.4 Å². The Morgan fingerprint density at radius 1 is 1.03 bits per heavy atom. The largest absolute Gasteiger partial charge is 0.347 e. The Morgan fingerprint density at radius 2 is 1.74 bits per heavy atom. The highest BCUT2D eigenvalue weighted by Crippen LogP contribution is 2.32. The van der Waals surface area contributed by atoms with Crippen LogP contribution in [-0.2, 0) is 0 Å². The number of nitrogens with one attached hydrogen (secondary N) is 1. The van der Waals surface area contributed by atoms with Crippen LogP contribution >= 0.6 is 11.3 Å². The molecule has 0 saturated carbocycles. The average molecular weight is 448 g/mol. The highest BCUT2D eigenvalue weighted by molar-refractivity contribution is 7.09. The number of nitrogens with two attached hydrogens (primary N) is 2. The van der Waals surface area contributed by atoms with E-state index in [1.54, 1.807) is 17.5 Å². The first-order valence-electron chi connectivity index (χ1n) is 11.6. The van der Waals surface area contributed by atoms with Gasteiger partial charge in [0.05, 0.1) is 12.1 Å². The van der Waals surface area contributed by atoms with Crippen molar-refractivity contribution in [2.45, 2.75) is 71.1 Å². The van der Waals surface area contributed by atoms with E-state index in [-0.39, 0.29) is 17.6 Å². The first-order valence-corrected chi connectivity index (χ1v) is 12.4. The molecule has 2 fully saturated rings. The van der Waals surface area contributed by atoms with Crippen molar-refractivity contribution in [2.24, 2.45) is 23.3 Å². The van der Waals surface area contributed by atoms with Crippen molar-refractivity contribution in [3.8, 4) is 0 Å². The van der Waals surface area contributed by atoms with Crippen molar-refractivity contribution in [2.75, 3.05) is 26.2 Å². The van der Waals surface area contributed by atoms with Gasteiger partial charge in [0.1, 0.15) is 10.8 Å². The standard InChI is InChI=1S/C12H21N3S.C11H20N4/c1-12(2,3)15-6-4-9(8-15)10(13)11-14-5-7-16-11;1-8(2)15-6-3-9(7-15)10(12)11-13-4-5-14-11/h5,7,9-10H,4,6,8,13H2,1-3H3;4-5,8-10H,3,6-7,12H2,1-2H3,(H,13,14)/t2*9-,10?/m11/s1. The maximum Gasteiger partial charge on any atom is 0.123 e. The molecule has 2 unspecified atom stereocenters. The van der Waals surface area contributed by atoms with Gasteiger partial charge in [0.25, 0.3) is 0 Å². The van der Waals surface area contributed by atoms with Crippen LogP contribution in [0.25, 0.3) is 0 Å². The molecule has 2 aromatic rings. The van der Waals surface area contributed by atoms with Gasteiger partial charge in [0.15, 0.2) is 0 Å². The lowest BCUT2D eigenvalue weighted by Crippen LogP contribution is -2.40. The molecular formula is C23H41N7S. The molecule has 0 spiro atoms. The van der Waals surface area contributed by atoms with Crippen LogP contribution in [0.1, 0.15) is 70.4 Å². The van der Waals surface area contributed by atoms with Gasteiger partial charge in [-0.05, 0) is 72.4 Å². The lowest BCUT2D eigenvalue weighted by Gasteiger charge is -2.32. The van der Waals surface area contributed by atoms with Crippen LogP contribution in [-0.4, -0.2) is 62.5 Å². The maximum atomic E-state index is 6.27. The van der Waals surface area contributed by atoms with E-state index in [9.17, 15) is 0 Å². The van der Waals surface area contributed by atoms with Crippen LogP contribution in [0.4, 0.5) is 0 Å². The minimum atomic E-state index is 0.0590. The molecule has 2 aliphatic rings. The first kappa shape index (κ1) is 24.3. The first-order chi connectivity index (χ1) is 14.7. The number of imidazole rings is 1. The quantitative estimate of drug-likeness (QED) is 0.649. The normalized spacial score (nSPS) is 24.9. The predicted molar refractivity (Wildman–Crippen MR) is 129 cm³/mol. The van der Waals surface area contributed by atoms with E-state index in [1.807, 2.05) is 17.8 Å². The number of aromatic amines is 1. The molecule has 31 heavy (non-hydrogen) atoms. The van der Waals surface area contributed by atoms with Crippen molar-refractivity contribution < 1.29 is 0 Å². The minimum Gasteiger partial charge on any atom is -0.347 e. The summed E-state index contributed by atoms with van der Waals surface area (Å²) < 4.78 is 0. The Morgan fingerprint density at radius 3 is 2.26 bits per heavy atom. The molecule has 4 rings (SSSR count). The Hall–Kier alpha value is -1.32. The van der Waals surface area contributed by atoms with E-state index in [0.717, 1.165) is 37.0 Å². The molecule has 4 atom stereocenters. The number of aromatic nitrogens is 3. The van der Waals surface area contributed by atoms with Crippen LogP contribution in [0, 0.1) is 11.8 Å². The second-order valence-electron chi connectivity index (χ2n) is 10.2. The Balaban J connectivity index is 0.000000176. The summed E-state index contributed by atoms with van der Waals surface area (Å²) in [7, 11) is 0. The number of rotatable bonds is 5. The Bertz CT molecular complexity index is 753. The topological polar surface area (TPSA) is 100 Å². The lowest BCUT2D eigenvalue weighted by atomic mass is 9.99. The summed E-state index contributed by atoms with van der Waals surface area (Å²) in [5, 5.41) is 3.09. The molecule has 2 aromatic heterocycles. The molecule has 4 heterocycles. The number of hydrogen-bond donors (Lipinski definition) is 3. The molecule has 5 N–H and O–H groups in total. The number of H-pyrrole nitrogens is 1. The Labute approximate surface area is 191 Å². The molecule has 0 radical (unpaired) electrons. The highest BCUT2D eigenvalue weighted by atomic mass is 32.1. The van der Waals surface area contributed by atoms with Crippen molar-refractivity contribution in [1.82, 2.24) is 24.8 Å². The summed E-state index contributed by atoms with van der Waals surface area (Å²) in [5.41, 5.74) is 12.7. The molecule has 7 nitrogen and oxygen atoms in total. The van der Waals surface area contributed by atoms with Crippen LogP contribution in [0.3, 0.4) is 0 Å². The summed E-state index contributed by atoms with van der Waals surface area (Å²) in [6.45, 7) is 15.8. The van der Waals surface area contributed by atoms with Gasteiger partial charge < -0.3 is 21.4 Å². The van der Waals surface area contributed by atoms with Gasteiger partial charge in [-0.15, -0.1) is 11.3 Å². The molecule has 0 amide bonds. The van der Waals surface area contributed by atoms with Gasteiger partial charge >= 0.3 is 0 Å². The van der Waals surface area contributed by atoms with Crippen LogP contribution in [0.15, 0.2) is 24.0 Å². The fourth-order valence-electron chi connectivity index (χ4n) is 4.55. The van der Waals surface area contributed by atoms with E-state index < -0.39 is 0 Å². The molecule has 2 saturated heterocycles. The third-order valence-corrected chi connectivity index (χ3v) is 7.62. The zero-order valence-electron chi connectivity index (χ0n) is 19.8. The van der Waals surface area contributed by atoms with Gasteiger partial charge in [0, 0.05) is 48.6 Å². The molecule has 0 bridgehead atoms. The molecule has 174 valence electrons. The third-order valence-electron chi connectivity index (χ3n) is 6.75. The van der Waals surface area contributed by atoms with Crippen molar-refractivity contribution >= 4 is 11.3 Å². The molecular weight excluding hydrogens is 406 g/mol.